The van der Waals surface area contributed by atoms with Gasteiger partial charge in [0.05, 0.1) is 6.33 Å². The van der Waals surface area contributed by atoms with Gasteiger partial charge in [-0.15, -0.1) is 0 Å². The van der Waals surface area contributed by atoms with Gasteiger partial charge in [-0.2, -0.15) is 0 Å². The third kappa shape index (κ3) is 2.69. The van der Waals surface area contributed by atoms with Crippen LogP contribution < -0.4 is 11.0 Å². The summed E-state index contributed by atoms with van der Waals surface area (Å²) in [7, 11) is 0. The maximum atomic E-state index is 11.4. The Kier molecular flexibility index (Phi) is 3.83. The Morgan fingerprint density at radius 3 is 2.76 bits per heavy atom. The second kappa shape index (κ2) is 5.18. The third-order valence-corrected chi connectivity index (χ3v) is 3.96. The lowest BCUT2D eigenvalue weighted by molar-refractivity contribution is 0.135. The molecule has 2 atom stereocenters. The zero-order valence-electron chi connectivity index (χ0n) is 10.0. The molecular formula is C11H17BrN4O. The molecule has 1 fully saturated rings. The number of nitrogens with zero attached hydrogens (tertiary/aromatic N) is 2. The molecule has 1 aromatic rings. The van der Waals surface area contributed by atoms with Crippen molar-refractivity contribution in [2.75, 3.05) is 5.43 Å². The van der Waals surface area contributed by atoms with Gasteiger partial charge in [0.2, 0.25) is 0 Å². The highest BCUT2D eigenvalue weighted by Crippen LogP contribution is 2.24. The molecule has 2 heterocycles. The van der Waals surface area contributed by atoms with Gasteiger partial charge in [0.15, 0.2) is 5.82 Å². The summed E-state index contributed by atoms with van der Waals surface area (Å²) in [5.74, 6) is 0.578. The molecule has 1 saturated heterocycles. The Bertz CT molecular complexity index is 437. The van der Waals surface area contributed by atoms with Crippen molar-refractivity contribution in [2.45, 2.75) is 45.2 Å². The number of aromatic amines is 1. The zero-order chi connectivity index (χ0) is 12.4. The Labute approximate surface area is 109 Å². The van der Waals surface area contributed by atoms with Gasteiger partial charge < -0.3 is 10.4 Å². The summed E-state index contributed by atoms with van der Waals surface area (Å²) >= 11 is 3.25. The fourth-order valence-electron chi connectivity index (χ4n) is 2.22. The van der Waals surface area contributed by atoms with Crippen molar-refractivity contribution in [1.29, 1.82) is 0 Å². The van der Waals surface area contributed by atoms with Gasteiger partial charge >= 0.3 is 0 Å². The molecule has 1 aromatic heterocycles. The van der Waals surface area contributed by atoms with Gasteiger partial charge in [-0.25, -0.2) is 9.99 Å². The minimum atomic E-state index is -0.167. The number of aromatic nitrogens is 2. The summed E-state index contributed by atoms with van der Waals surface area (Å²) in [6.07, 6.45) is 5.00. The van der Waals surface area contributed by atoms with Crippen molar-refractivity contribution in [3.8, 4) is 0 Å². The maximum Gasteiger partial charge on any atom is 0.267 e. The van der Waals surface area contributed by atoms with E-state index >= 15 is 0 Å². The van der Waals surface area contributed by atoms with Crippen molar-refractivity contribution >= 4 is 21.7 Å². The molecule has 17 heavy (non-hydrogen) atoms. The van der Waals surface area contributed by atoms with Crippen molar-refractivity contribution in [3.63, 3.8) is 0 Å². The molecule has 1 aliphatic rings. The van der Waals surface area contributed by atoms with E-state index in [0.29, 0.717) is 22.4 Å². The molecule has 2 N–H and O–H groups in total. The average Bonchev–Trinajstić information content (AvgIpc) is 2.29. The standard InChI is InChI=1S/C11H17BrN4O/c1-7-4-3-5-8(2)16(7)15-10-9(12)11(17)14-6-13-10/h6-8H,3-5H2,1-2H3,(H2,13,14,15,17). The number of piperidine rings is 1. The van der Waals surface area contributed by atoms with E-state index in [1.807, 2.05) is 0 Å². The van der Waals surface area contributed by atoms with Crippen LogP contribution in [0.5, 0.6) is 0 Å². The number of rotatable bonds is 2. The van der Waals surface area contributed by atoms with Gasteiger partial charge in [0, 0.05) is 12.1 Å². The van der Waals surface area contributed by atoms with E-state index in [2.05, 4.69) is 50.2 Å². The minimum absolute atomic E-state index is 0.167. The molecular weight excluding hydrogens is 284 g/mol. The monoisotopic (exact) mass is 300 g/mol. The Morgan fingerprint density at radius 1 is 1.47 bits per heavy atom. The van der Waals surface area contributed by atoms with Crippen LogP contribution in [0.3, 0.4) is 0 Å². The fraction of sp³-hybridized carbons (Fsp3) is 0.636. The highest BCUT2D eigenvalue weighted by atomic mass is 79.9. The molecule has 2 unspecified atom stereocenters. The fourth-order valence-corrected chi connectivity index (χ4v) is 2.53. The van der Waals surface area contributed by atoms with Crippen LogP contribution in [-0.2, 0) is 0 Å². The molecule has 0 bridgehead atoms. The van der Waals surface area contributed by atoms with Crippen molar-refractivity contribution in [2.24, 2.45) is 0 Å². The van der Waals surface area contributed by atoms with Gasteiger partial charge in [0.1, 0.15) is 4.47 Å². The van der Waals surface area contributed by atoms with Crippen molar-refractivity contribution in [1.82, 2.24) is 15.0 Å². The predicted octanol–water partition coefficient (Wildman–Crippen LogP) is 2.12. The van der Waals surface area contributed by atoms with Crippen LogP contribution in [0.4, 0.5) is 5.82 Å². The number of anilines is 1. The largest absolute Gasteiger partial charge is 0.312 e. The third-order valence-electron chi connectivity index (χ3n) is 3.23. The van der Waals surface area contributed by atoms with Crippen LogP contribution in [-0.4, -0.2) is 27.1 Å². The van der Waals surface area contributed by atoms with E-state index in [1.165, 1.54) is 12.7 Å². The number of H-pyrrole nitrogens is 1. The number of nitrogens with one attached hydrogen (secondary N) is 2. The molecule has 0 radical (unpaired) electrons. The number of hydrazine groups is 1. The summed E-state index contributed by atoms with van der Waals surface area (Å²) < 4.78 is 0.449. The smallest absolute Gasteiger partial charge is 0.267 e. The summed E-state index contributed by atoms with van der Waals surface area (Å²) in [4.78, 5) is 18.1. The number of hydrogen-bond acceptors (Lipinski definition) is 4. The van der Waals surface area contributed by atoms with Crippen LogP contribution in [0.2, 0.25) is 0 Å². The van der Waals surface area contributed by atoms with Gasteiger partial charge in [0.25, 0.3) is 5.56 Å². The number of halogens is 1. The van der Waals surface area contributed by atoms with Crippen LogP contribution in [0.15, 0.2) is 15.6 Å². The van der Waals surface area contributed by atoms with E-state index in [1.54, 1.807) is 0 Å². The highest BCUT2D eigenvalue weighted by Gasteiger charge is 2.25. The second-order valence-electron chi connectivity index (χ2n) is 4.54. The summed E-state index contributed by atoms with van der Waals surface area (Å²) in [5, 5.41) is 2.18. The zero-order valence-corrected chi connectivity index (χ0v) is 11.6. The first-order chi connectivity index (χ1) is 8.09. The molecule has 1 aliphatic heterocycles. The Balaban J connectivity index is 2.19. The van der Waals surface area contributed by atoms with Gasteiger partial charge in [-0.3, -0.25) is 4.79 Å². The molecule has 2 rings (SSSR count). The summed E-state index contributed by atoms with van der Waals surface area (Å²) in [5.41, 5.74) is 3.08. The van der Waals surface area contributed by atoms with Crippen molar-refractivity contribution < 1.29 is 0 Å². The maximum absolute atomic E-state index is 11.4. The van der Waals surface area contributed by atoms with E-state index in [-0.39, 0.29) is 5.56 Å². The Morgan fingerprint density at radius 2 is 2.12 bits per heavy atom. The second-order valence-corrected chi connectivity index (χ2v) is 5.34. The molecule has 0 amide bonds. The van der Waals surface area contributed by atoms with E-state index < -0.39 is 0 Å². The van der Waals surface area contributed by atoms with Crippen LogP contribution in [0.1, 0.15) is 33.1 Å². The molecule has 94 valence electrons. The highest BCUT2D eigenvalue weighted by molar-refractivity contribution is 9.10. The summed E-state index contributed by atoms with van der Waals surface area (Å²) in [6, 6.07) is 0.901. The van der Waals surface area contributed by atoms with Crippen LogP contribution in [0, 0.1) is 0 Å². The van der Waals surface area contributed by atoms with Crippen molar-refractivity contribution in [3.05, 3.63) is 21.2 Å². The first-order valence-electron chi connectivity index (χ1n) is 5.87. The molecule has 0 aromatic carbocycles. The molecule has 0 spiro atoms. The van der Waals surface area contributed by atoms with Crippen LogP contribution in [0.25, 0.3) is 0 Å². The molecule has 5 nitrogen and oxygen atoms in total. The normalized spacial score (nSPS) is 25.8. The van der Waals surface area contributed by atoms with Crippen LogP contribution >= 0.6 is 15.9 Å². The predicted molar refractivity (Wildman–Crippen MR) is 70.8 cm³/mol. The SMILES string of the molecule is CC1CCCC(C)N1Nc1nc[nH]c(=O)c1Br. The lowest BCUT2D eigenvalue weighted by Crippen LogP contribution is -2.47. The number of hydrogen-bond donors (Lipinski definition) is 2. The molecule has 6 heteroatoms. The molecule has 0 aliphatic carbocycles. The van der Waals surface area contributed by atoms with E-state index in [4.69, 9.17) is 0 Å². The first kappa shape index (κ1) is 12.6. The quantitative estimate of drug-likeness (QED) is 0.878. The lowest BCUT2D eigenvalue weighted by atomic mass is 10.00. The minimum Gasteiger partial charge on any atom is -0.312 e. The lowest BCUT2D eigenvalue weighted by Gasteiger charge is -2.39. The molecule has 0 saturated carbocycles. The van der Waals surface area contributed by atoms with Gasteiger partial charge in [-0.1, -0.05) is 6.42 Å². The van der Waals surface area contributed by atoms with E-state index in [9.17, 15) is 4.79 Å². The van der Waals surface area contributed by atoms with Gasteiger partial charge in [-0.05, 0) is 42.6 Å². The summed E-state index contributed by atoms with van der Waals surface area (Å²) in [6.45, 7) is 4.37. The topological polar surface area (TPSA) is 61.0 Å². The average molecular weight is 301 g/mol. The van der Waals surface area contributed by atoms with E-state index in [0.717, 1.165) is 12.8 Å². The Hall–Kier alpha value is -0.880. The first-order valence-corrected chi connectivity index (χ1v) is 6.67.